The molecule has 3 aromatic heterocycles. The molecule has 0 saturated heterocycles. The van der Waals surface area contributed by atoms with Gasteiger partial charge in [0.25, 0.3) is 5.91 Å². The van der Waals surface area contributed by atoms with Crippen molar-refractivity contribution in [2.45, 2.75) is 25.1 Å². The molecule has 2 unspecified atom stereocenters. The Kier molecular flexibility index (Phi) is 7.57. The van der Waals surface area contributed by atoms with Crippen LogP contribution in [0.25, 0.3) is 32.5 Å². The SMILES string of the molecule is C=CC=C.Nc1ncnc2c1c(-c1ccc(CNC(=O)c3nc4ccccc4s3)cc1)nn2C1C=CC(O)C1. The Morgan fingerprint density at radius 1 is 1.13 bits per heavy atom. The van der Waals surface area contributed by atoms with Crippen LogP contribution in [-0.2, 0) is 6.54 Å². The molecular weight excluding hydrogens is 510 g/mol. The summed E-state index contributed by atoms with van der Waals surface area (Å²) in [5.74, 6) is 0.155. The number of aliphatic hydroxyl groups is 1. The predicted octanol–water partition coefficient (Wildman–Crippen LogP) is 4.84. The zero-order valence-electron chi connectivity index (χ0n) is 21.1. The minimum Gasteiger partial charge on any atom is -0.389 e. The molecule has 5 aromatic rings. The van der Waals surface area contributed by atoms with E-state index in [2.05, 4.69) is 33.4 Å². The molecule has 9 nitrogen and oxygen atoms in total. The number of nitrogen functional groups attached to an aromatic ring is 1. The Bertz CT molecular complexity index is 1650. The molecule has 0 radical (unpaired) electrons. The normalized spacial score (nSPS) is 16.1. The van der Waals surface area contributed by atoms with Gasteiger partial charge in [-0.15, -0.1) is 11.3 Å². The Morgan fingerprint density at radius 2 is 1.90 bits per heavy atom. The summed E-state index contributed by atoms with van der Waals surface area (Å²) < 4.78 is 2.78. The van der Waals surface area contributed by atoms with Crippen LogP contribution in [0.15, 0.2) is 92.3 Å². The number of hydrogen-bond donors (Lipinski definition) is 3. The number of nitrogens with one attached hydrogen (secondary N) is 1. The Balaban J connectivity index is 0.000000723. The smallest absolute Gasteiger partial charge is 0.280 e. The van der Waals surface area contributed by atoms with Gasteiger partial charge in [-0.1, -0.05) is 73.9 Å². The van der Waals surface area contributed by atoms with E-state index in [9.17, 15) is 9.90 Å². The van der Waals surface area contributed by atoms with Gasteiger partial charge in [0.05, 0.1) is 27.7 Å². The first-order chi connectivity index (χ1) is 19.0. The number of anilines is 1. The van der Waals surface area contributed by atoms with E-state index in [0.717, 1.165) is 21.3 Å². The van der Waals surface area contributed by atoms with E-state index in [1.54, 1.807) is 22.9 Å². The molecule has 0 bridgehead atoms. The molecule has 2 aromatic carbocycles. The highest BCUT2D eigenvalue weighted by atomic mass is 32.1. The zero-order chi connectivity index (χ0) is 27.4. The monoisotopic (exact) mass is 537 g/mol. The van der Waals surface area contributed by atoms with Crippen molar-refractivity contribution in [2.24, 2.45) is 0 Å². The van der Waals surface area contributed by atoms with Gasteiger partial charge in [0.1, 0.15) is 17.8 Å². The number of para-hydroxylation sites is 1. The first kappa shape index (κ1) is 26.0. The minimum absolute atomic E-state index is 0.104. The van der Waals surface area contributed by atoms with Crippen molar-refractivity contribution in [1.29, 1.82) is 0 Å². The summed E-state index contributed by atoms with van der Waals surface area (Å²) in [6.07, 6.45) is 8.43. The van der Waals surface area contributed by atoms with Crippen LogP contribution in [0.3, 0.4) is 0 Å². The number of fused-ring (bicyclic) bond motifs is 2. The highest BCUT2D eigenvalue weighted by molar-refractivity contribution is 7.20. The third-order valence-corrected chi connectivity index (χ3v) is 7.24. The van der Waals surface area contributed by atoms with E-state index in [1.165, 1.54) is 17.7 Å². The quantitative estimate of drug-likeness (QED) is 0.209. The van der Waals surface area contributed by atoms with Crippen LogP contribution < -0.4 is 11.1 Å². The fraction of sp³-hybridized carbons (Fsp3) is 0.138. The van der Waals surface area contributed by atoms with Crippen LogP contribution in [0.5, 0.6) is 0 Å². The molecular formula is C29H27N7O2S. The summed E-state index contributed by atoms with van der Waals surface area (Å²) in [5.41, 5.74) is 10.1. The van der Waals surface area contributed by atoms with Crippen LogP contribution >= 0.6 is 11.3 Å². The summed E-state index contributed by atoms with van der Waals surface area (Å²) >= 11 is 1.38. The number of carbonyl (C=O) groups excluding carboxylic acids is 1. The molecule has 0 saturated carbocycles. The molecule has 2 atom stereocenters. The molecule has 10 heteroatoms. The molecule has 3 heterocycles. The van der Waals surface area contributed by atoms with E-state index in [0.29, 0.717) is 40.5 Å². The Labute approximate surface area is 229 Å². The van der Waals surface area contributed by atoms with E-state index in [4.69, 9.17) is 10.8 Å². The van der Waals surface area contributed by atoms with Crippen molar-refractivity contribution in [2.75, 3.05) is 5.73 Å². The van der Waals surface area contributed by atoms with E-state index >= 15 is 0 Å². The van der Waals surface area contributed by atoms with Crippen LogP contribution in [0.4, 0.5) is 5.82 Å². The lowest BCUT2D eigenvalue weighted by molar-refractivity contribution is 0.0950. The van der Waals surface area contributed by atoms with Crippen molar-refractivity contribution < 1.29 is 9.90 Å². The van der Waals surface area contributed by atoms with Gasteiger partial charge in [-0.05, 0) is 17.7 Å². The van der Waals surface area contributed by atoms with Crippen molar-refractivity contribution in [1.82, 2.24) is 30.0 Å². The van der Waals surface area contributed by atoms with Gasteiger partial charge in [-0.25, -0.2) is 19.6 Å². The number of benzene rings is 2. The number of allylic oxidation sites excluding steroid dienone is 3. The Morgan fingerprint density at radius 3 is 2.59 bits per heavy atom. The number of nitrogens with two attached hydrogens (primary N) is 1. The lowest BCUT2D eigenvalue weighted by atomic mass is 10.1. The van der Waals surface area contributed by atoms with Gasteiger partial charge >= 0.3 is 0 Å². The number of hydrogen-bond acceptors (Lipinski definition) is 8. The third-order valence-electron chi connectivity index (χ3n) is 6.21. The second-order valence-electron chi connectivity index (χ2n) is 8.84. The molecule has 0 aliphatic heterocycles. The van der Waals surface area contributed by atoms with Gasteiger partial charge in [0, 0.05) is 18.5 Å². The van der Waals surface area contributed by atoms with Crippen molar-refractivity contribution in [3.63, 3.8) is 0 Å². The third kappa shape index (κ3) is 5.47. The number of amides is 1. The number of nitrogens with zero attached hydrogens (tertiary/aromatic N) is 5. The highest BCUT2D eigenvalue weighted by Crippen LogP contribution is 2.34. The largest absolute Gasteiger partial charge is 0.389 e. The molecule has 0 spiro atoms. The number of carbonyl (C=O) groups is 1. The van der Waals surface area contributed by atoms with E-state index in [-0.39, 0.29) is 11.9 Å². The lowest BCUT2D eigenvalue weighted by Gasteiger charge is -2.10. The minimum atomic E-state index is -0.501. The maximum absolute atomic E-state index is 12.6. The molecule has 4 N–H and O–H groups in total. The molecule has 196 valence electrons. The highest BCUT2D eigenvalue weighted by Gasteiger charge is 2.25. The van der Waals surface area contributed by atoms with Crippen LogP contribution in [-0.4, -0.2) is 41.9 Å². The van der Waals surface area contributed by atoms with Crippen molar-refractivity contribution in [3.8, 4) is 11.3 Å². The average molecular weight is 538 g/mol. The Hall–Kier alpha value is -4.67. The van der Waals surface area contributed by atoms with Gasteiger partial charge in [0.15, 0.2) is 10.7 Å². The molecule has 39 heavy (non-hydrogen) atoms. The average Bonchev–Trinajstić information content (AvgIpc) is 3.69. The lowest BCUT2D eigenvalue weighted by Crippen LogP contribution is -2.22. The standard InChI is InChI=1S/C25H21N7O2S.C4H6/c26-22-20-21(31-32(23(20)29-13-28-22)16-9-10-17(33)11-16)15-7-5-14(6-8-15)12-27-24(34)25-30-18-3-1-2-4-19(18)35-25;1-3-4-2/h1-10,13,16-17,33H,11-12H2,(H,27,34)(H2,26,28,29);3-4H,1-2H2. The molecule has 1 amide bonds. The summed E-state index contributed by atoms with van der Waals surface area (Å²) in [7, 11) is 0. The van der Waals surface area contributed by atoms with E-state index in [1.807, 2.05) is 54.6 Å². The van der Waals surface area contributed by atoms with Crippen LogP contribution in [0, 0.1) is 0 Å². The summed E-state index contributed by atoms with van der Waals surface area (Å²) in [4.78, 5) is 25.6. The van der Waals surface area contributed by atoms with Gasteiger partial charge in [-0.3, -0.25) is 4.79 Å². The van der Waals surface area contributed by atoms with Crippen molar-refractivity contribution in [3.05, 3.63) is 103 Å². The zero-order valence-corrected chi connectivity index (χ0v) is 21.9. The summed E-state index contributed by atoms with van der Waals surface area (Å²) in [6, 6.07) is 15.4. The fourth-order valence-electron chi connectivity index (χ4n) is 4.28. The van der Waals surface area contributed by atoms with Crippen molar-refractivity contribution >= 4 is 44.3 Å². The van der Waals surface area contributed by atoms with Crippen LogP contribution in [0.1, 0.15) is 27.8 Å². The van der Waals surface area contributed by atoms with Gasteiger partial charge in [0.2, 0.25) is 0 Å². The first-order valence-electron chi connectivity index (χ1n) is 12.3. The predicted molar refractivity (Wildman–Crippen MR) is 155 cm³/mol. The molecule has 0 fully saturated rings. The topological polar surface area (TPSA) is 132 Å². The summed E-state index contributed by atoms with van der Waals surface area (Å²) in [6.45, 7) is 7.10. The fourth-order valence-corrected chi connectivity index (χ4v) is 5.16. The first-order valence-corrected chi connectivity index (χ1v) is 13.1. The van der Waals surface area contributed by atoms with Gasteiger partial charge in [-0.2, -0.15) is 5.10 Å². The number of thiazole rings is 1. The molecule has 1 aliphatic rings. The van der Waals surface area contributed by atoms with Gasteiger partial charge < -0.3 is 16.2 Å². The molecule has 6 rings (SSSR count). The second-order valence-corrected chi connectivity index (χ2v) is 9.87. The maximum atomic E-state index is 12.6. The van der Waals surface area contributed by atoms with Crippen LogP contribution in [0.2, 0.25) is 0 Å². The molecule has 1 aliphatic carbocycles. The summed E-state index contributed by atoms with van der Waals surface area (Å²) in [5, 5.41) is 18.8. The number of rotatable bonds is 6. The second kappa shape index (κ2) is 11.4. The number of aromatic nitrogens is 5. The number of aliphatic hydroxyl groups excluding tert-OH is 1. The van der Waals surface area contributed by atoms with E-state index < -0.39 is 6.10 Å². The maximum Gasteiger partial charge on any atom is 0.280 e.